The fourth-order valence-corrected chi connectivity index (χ4v) is 4.10. The Labute approximate surface area is 179 Å². The molecule has 0 saturated carbocycles. The summed E-state index contributed by atoms with van der Waals surface area (Å²) in [5, 5.41) is 4.49. The minimum Gasteiger partial charge on any atom is -0.381 e. The summed E-state index contributed by atoms with van der Waals surface area (Å²) in [6.07, 6.45) is 2.53. The third kappa shape index (κ3) is 4.53. The van der Waals surface area contributed by atoms with E-state index in [-0.39, 0.29) is 11.0 Å². The van der Waals surface area contributed by atoms with E-state index in [9.17, 15) is 4.79 Å². The Hall–Kier alpha value is -2.75. The predicted molar refractivity (Wildman–Crippen MR) is 128 cm³/mol. The number of hydrogen-bond donors (Lipinski definition) is 2. The number of pyridine rings is 1. The van der Waals surface area contributed by atoms with E-state index in [2.05, 4.69) is 79.3 Å². The summed E-state index contributed by atoms with van der Waals surface area (Å²) in [5.41, 5.74) is 5.27. The molecule has 1 fully saturated rings. The van der Waals surface area contributed by atoms with Gasteiger partial charge in [-0.2, -0.15) is 0 Å². The number of benzene rings is 2. The van der Waals surface area contributed by atoms with E-state index in [4.69, 9.17) is 0 Å². The van der Waals surface area contributed by atoms with Crippen LogP contribution in [0.3, 0.4) is 0 Å². The van der Waals surface area contributed by atoms with Crippen LogP contribution in [0.5, 0.6) is 0 Å². The SMILES string of the molecule is CC1CCN(c2ccc(NCc3cc4cc(C(C)(C)C)ccc4[nH]c3=O)cc2)CC1. The van der Waals surface area contributed by atoms with Gasteiger partial charge < -0.3 is 15.2 Å². The minimum absolute atomic E-state index is 0.0300. The van der Waals surface area contributed by atoms with Crippen molar-refractivity contribution >= 4 is 22.3 Å². The van der Waals surface area contributed by atoms with Crippen molar-refractivity contribution in [2.45, 2.75) is 52.5 Å². The van der Waals surface area contributed by atoms with Crippen molar-refractivity contribution in [3.8, 4) is 0 Å². The maximum Gasteiger partial charge on any atom is 0.253 e. The van der Waals surface area contributed by atoms with Crippen molar-refractivity contribution in [1.29, 1.82) is 0 Å². The van der Waals surface area contributed by atoms with Crippen LogP contribution < -0.4 is 15.8 Å². The third-order valence-electron chi connectivity index (χ3n) is 6.29. The van der Waals surface area contributed by atoms with Gasteiger partial charge in [-0.3, -0.25) is 4.79 Å². The van der Waals surface area contributed by atoms with Gasteiger partial charge in [-0.15, -0.1) is 0 Å². The van der Waals surface area contributed by atoms with Crippen LogP contribution in [0.1, 0.15) is 51.7 Å². The zero-order chi connectivity index (χ0) is 21.3. The summed E-state index contributed by atoms with van der Waals surface area (Å²) in [5.74, 6) is 0.835. The molecule has 1 aliphatic heterocycles. The Morgan fingerprint density at radius 2 is 1.73 bits per heavy atom. The lowest BCUT2D eigenvalue weighted by atomic mass is 9.86. The lowest BCUT2D eigenvalue weighted by molar-refractivity contribution is 0.438. The molecular weight excluding hydrogens is 370 g/mol. The highest BCUT2D eigenvalue weighted by Crippen LogP contribution is 2.26. The molecule has 4 nitrogen and oxygen atoms in total. The summed E-state index contributed by atoms with van der Waals surface area (Å²) in [7, 11) is 0. The second kappa shape index (κ2) is 8.17. The predicted octanol–water partition coefficient (Wildman–Crippen LogP) is 5.67. The van der Waals surface area contributed by atoms with Crippen LogP contribution >= 0.6 is 0 Å². The number of piperidine rings is 1. The molecule has 158 valence electrons. The fraction of sp³-hybridized carbons (Fsp3) is 0.423. The molecule has 30 heavy (non-hydrogen) atoms. The molecule has 2 heterocycles. The number of aromatic nitrogens is 1. The third-order valence-corrected chi connectivity index (χ3v) is 6.29. The molecule has 0 aliphatic carbocycles. The maximum absolute atomic E-state index is 12.5. The van der Waals surface area contributed by atoms with Crippen molar-refractivity contribution in [2.24, 2.45) is 5.92 Å². The first-order valence-electron chi connectivity index (χ1n) is 11.0. The van der Waals surface area contributed by atoms with Gasteiger partial charge in [0.15, 0.2) is 0 Å². The molecule has 0 bridgehead atoms. The Kier molecular flexibility index (Phi) is 5.59. The second-order valence-electron chi connectivity index (χ2n) is 9.75. The van der Waals surface area contributed by atoms with Gasteiger partial charge in [-0.1, -0.05) is 33.8 Å². The lowest BCUT2D eigenvalue weighted by Gasteiger charge is -2.32. The summed E-state index contributed by atoms with van der Waals surface area (Å²) < 4.78 is 0. The molecule has 2 N–H and O–H groups in total. The molecule has 1 aromatic heterocycles. The molecular formula is C26H33N3O. The summed E-state index contributed by atoms with van der Waals surface area (Å²) in [4.78, 5) is 18.0. The molecule has 0 unspecified atom stereocenters. The highest BCUT2D eigenvalue weighted by molar-refractivity contribution is 5.80. The largest absolute Gasteiger partial charge is 0.381 e. The fourth-order valence-electron chi connectivity index (χ4n) is 4.10. The molecule has 4 heteroatoms. The van der Waals surface area contributed by atoms with Gasteiger partial charge in [0.1, 0.15) is 0 Å². The van der Waals surface area contributed by atoms with Gasteiger partial charge in [-0.25, -0.2) is 0 Å². The van der Waals surface area contributed by atoms with Gasteiger partial charge in [0.05, 0.1) is 0 Å². The van der Waals surface area contributed by atoms with Gasteiger partial charge >= 0.3 is 0 Å². The number of aromatic amines is 1. The molecule has 0 radical (unpaired) electrons. The standard InChI is InChI=1S/C26H33N3O/c1-18-11-13-29(14-12-18)23-8-6-22(7-9-23)27-17-20-15-19-16-21(26(2,3)4)5-10-24(19)28-25(20)30/h5-10,15-16,18,27H,11-14,17H2,1-4H3,(H,28,30). The normalized spacial score (nSPS) is 15.5. The van der Waals surface area contributed by atoms with Crippen LogP contribution in [0, 0.1) is 5.92 Å². The molecule has 3 aromatic rings. The smallest absolute Gasteiger partial charge is 0.253 e. The van der Waals surface area contributed by atoms with Gasteiger partial charge in [0.2, 0.25) is 0 Å². The quantitative estimate of drug-likeness (QED) is 0.590. The lowest BCUT2D eigenvalue weighted by Crippen LogP contribution is -2.32. The Balaban J connectivity index is 1.47. The number of nitrogens with one attached hydrogen (secondary N) is 2. The van der Waals surface area contributed by atoms with Crippen molar-refractivity contribution < 1.29 is 0 Å². The highest BCUT2D eigenvalue weighted by Gasteiger charge is 2.16. The molecule has 1 saturated heterocycles. The molecule has 0 amide bonds. The zero-order valence-electron chi connectivity index (χ0n) is 18.6. The van der Waals surface area contributed by atoms with Gasteiger partial charge in [0.25, 0.3) is 5.56 Å². The number of hydrogen-bond acceptors (Lipinski definition) is 3. The number of nitrogens with zero attached hydrogens (tertiary/aromatic N) is 1. The average molecular weight is 404 g/mol. The van der Waals surface area contributed by atoms with E-state index in [0.29, 0.717) is 6.54 Å². The molecule has 0 spiro atoms. The first-order chi connectivity index (χ1) is 14.3. The van der Waals surface area contributed by atoms with Crippen LogP contribution in [0.2, 0.25) is 0 Å². The van der Waals surface area contributed by atoms with E-state index in [1.165, 1.54) is 24.1 Å². The van der Waals surface area contributed by atoms with Crippen molar-refractivity contribution in [2.75, 3.05) is 23.3 Å². The molecule has 4 rings (SSSR count). The first kappa shape index (κ1) is 20.5. The number of anilines is 2. The van der Waals surface area contributed by atoms with E-state index >= 15 is 0 Å². The van der Waals surface area contributed by atoms with E-state index in [1.54, 1.807) is 0 Å². The summed E-state index contributed by atoms with van der Waals surface area (Å²) >= 11 is 0. The maximum atomic E-state index is 12.5. The Bertz CT molecular complexity index is 1070. The monoisotopic (exact) mass is 403 g/mol. The van der Waals surface area contributed by atoms with Crippen LogP contribution in [-0.2, 0) is 12.0 Å². The van der Waals surface area contributed by atoms with Crippen molar-refractivity contribution in [1.82, 2.24) is 4.98 Å². The Morgan fingerprint density at radius 1 is 1.03 bits per heavy atom. The summed E-state index contributed by atoms with van der Waals surface area (Å²) in [6, 6.07) is 16.9. The van der Waals surface area contributed by atoms with Crippen molar-refractivity contribution in [3.63, 3.8) is 0 Å². The van der Waals surface area contributed by atoms with Crippen LogP contribution in [0.4, 0.5) is 11.4 Å². The van der Waals surface area contributed by atoms with Gasteiger partial charge in [-0.05, 0) is 77.6 Å². The van der Waals surface area contributed by atoms with E-state index in [1.807, 2.05) is 12.1 Å². The second-order valence-corrected chi connectivity index (χ2v) is 9.75. The molecule has 1 aliphatic rings. The summed E-state index contributed by atoms with van der Waals surface area (Å²) in [6.45, 7) is 11.7. The topological polar surface area (TPSA) is 48.1 Å². The average Bonchev–Trinajstić information content (AvgIpc) is 2.72. The van der Waals surface area contributed by atoms with E-state index in [0.717, 1.165) is 41.2 Å². The number of H-pyrrole nitrogens is 1. The number of fused-ring (bicyclic) bond motifs is 1. The number of rotatable bonds is 4. The molecule has 2 aromatic carbocycles. The van der Waals surface area contributed by atoms with E-state index < -0.39 is 0 Å². The van der Waals surface area contributed by atoms with Crippen LogP contribution in [0.25, 0.3) is 10.9 Å². The molecule has 0 atom stereocenters. The van der Waals surface area contributed by atoms with Crippen molar-refractivity contribution in [3.05, 3.63) is 70.0 Å². The highest BCUT2D eigenvalue weighted by atomic mass is 16.1. The van der Waals surface area contributed by atoms with Crippen LogP contribution in [-0.4, -0.2) is 18.1 Å². The van der Waals surface area contributed by atoms with Gasteiger partial charge in [0, 0.05) is 42.1 Å². The van der Waals surface area contributed by atoms with Crippen LogP contribution in [0.15, 0.2) is 53.3 Å². The zero-order valence-corrected chi connectivity index (χ0v) is 18.6. The first-order valence-corrected chi connectivity index (χ1v) is 11.0. The Morgan fingerprint density at radius 3 is 2.40 bits per heavy atom. The minimum atomic E-state index is -0.0300.